The number of benzene rings is 1. The van der Waals surface area contributed by atoms with Gasteiger partial charge in [-0.05, 0) is 75.7 Å². The topological polar surface area (TPSA) is 136 Å². The molecule has 3 heterocycles. The van der Waals surface area contributed by atoms with E-state index in [0.29, 0.717) is 23.8 Å². The van der Waals surface area contributed by atoms with Crippen LogP contribution in [-0.2, 0) is 0 Å². The van der Waals surface area contributed by atoms with E-state index in [1.54, 1.807) is 10.6 Å². The first-order chi connectivity index (χ1) is 19.5. The Labute approximate surface area is 235 Å². The number of hydrogen-bond donors (Lipinski definition) is 4. The number of allylic oxidation sites excluding steroid dienone is 2. The summed E-state index contributed by atoms with van der Waals surface area (Å²) in [5, 5.41) is 5.32. The van der Waals surface area contributed by atoms with Crippen LogP contribution in [0.2, 0.25) is 0 Å². The van der Waals surface area contributed by atoms with Gasteiger partial charge in [-0.1, -0.05) is 6.92 Å². The third-order valence-electron chi connectivity index (χ3n) is 6.17. The Morgan fingerprint density at radius 3 is 2.54 bits per heavy atom. The minimum Gasteiger partial charge on any atom is -0.382 e. The molecule has 1 aliphatic carbocycles. The van der Waals surface area contributed by atoms with Gasteiger partial charge in [-0.2, -0.15) is 13.2 Å². The third kappa shape index (κ3) is 9.50. The van der Waals surface area contributed by atoms with Gasteiger partial charge in [0.05, 0.1) is 5.57 Å². The number of amides is 1. The molecule has 3 aromatic rings. The zero-order chi connectivity index (χ0) is 30.0. The summed E-state index contributed by atoms with van der Waals surface area (Å²) in [6, 6.07) is 4.02. The lowest BCUT2D eigenvalue weighted by atomic mass is 10.0. The number of nitrogens with one attached hydrogen (secondary N) is 2. The quantitative estimate of drug-likeness (QED) is 0.200. The zero-order valence-electron chi connectivity index (χ0n) is 22.7. The number of nitrogens with two attached hydrogens (primary N) is 2. The highest BCUT2D eigenvalue weighted by molar-refractivity contribution is 5.96. The lowest BCUT2D eigenvalue weighted by molar-refractivity contribution is -0.0885. The van der Waals surface area contributed by atoms with E-state index in [2.05, 4.69) is 33.9 Å². The maximum atomic E-state index is 14.7. The summed E-state index contributed by atoms with van der Waals surface area (Å²) in [5.41, 5.74) is 10.4. The molecular formula is C28H34F4N8O. The van der Waals surface area contributed by atoms with Crippen molar-refractivity contribution in [1.82, 2.24) is 25.0 Å². The minimum atomic E-state index is -4.72. The molecule has 220 valence electrons. The fourth-order valence-corrected chi connectivity index (χ4v) is 3.73. The van der Waals surface area contributed by atoms with Crippen molar-refractivity contribution in [3.63, 3.8) is 0 Å². The lowest BCUT2D eigenvalue weighted by Gasteiger charge is -2.17. The van der Waals surface area contributed by atoms with Gasteiger partial charge in [0, 0.05) is 42.0 Å². The first-order valence-corrected chi connectivity index (χ1v) is 13.0. The summed E-state index contributed by atoms with van der Waals surface area (Å²) in [6.45, 7) is 7.82. The molecule has 2 fully saturated rings. The third-order valence-corrected chi connectivity index (χ3v) is 6.17. The van der Waals surface area contributed by atoms with Crippen molar-refractivity contribution in [1.29, 1.82) is 0 Å². The summed E-state index contributed by atoms with van der Waals surface area (Å²) in [6.07, 6.45) is 7.01. The molecule has 13 heteroatoms. The number of aromatic nitrogens is 3. The Balaban J connectivity index is 0.000000346. The van der Waals surface area contributed by atoms with Gasteiger partial charge >= 0.3 is 6.18 Å². The van der Waals surface area contributed by atoms with E-state index < -0.39 is 23.5 Å². The molecule has 6 N–H and O–H groups in total. The number of hydrogen-bond acceptors (Lipinski definition) is 7. The number of fused-ring (bicyclic) bond motifs is 1. The van der Waals surface area contributed by atoms with Crippen molar-refractivity contribution >= 4 is 24.0 Å². The number of carbonyl (C=O) groups excluding carboxylic acids is 1. The number of nitrogen functional groups attached to an aromatic ring is 1. The first-order valence-electron chi connectivity index (χ1n) is 13.0. The second kappa shape index (κ2) is 14.5. The van der Waals surface area contributed by atoms with E-state index in [0.717, 1.165) is 18.2 Å². The number of aliphatic imine (C=N–C) groups is 1. The average Bonchev–Trinajstić information content (AvgIpc) is 3.59. The molecule has 2 aromatic heterocycles. The van der Waals surface area contributed by atoms with E-state index in [9.17, 15) is 22.4 Å². The van der Waals surface area contributed by atoms with Crippen LogP contribution in [0.25, 0.3) is 16.8 Å². The summed E-state index contributed by atoms with van der Waals surface area (Å²) in [5.74, 6) is -0.674. The molecule has 1 atom stereocenters. The number of piperidine rings is 1. The number of anilines is 1. The maximum absolute atomic E-state index is 14.7. The predicted molar refractivity (Wildman–Crippen MR) is 152 cm³/mol. The molecule has 2 aliphatic rings. The van der Waals surface area contributed by atoms with Crippen LogP contribution in [0.4, 0.5) is 23.4 Å². The number of alkyl halides is 3. The van der Waals surface area contributed by atoms with Crippen molar-refractivity contribution in [2.75, 3.05) is 18.8 Å². The second-order valence-corrected chi connectivity index (χ2v) is 9.71. The average molecular weight is 575 g/mol. The fourth-order valence-electron chi connectivity index (χ4n) is 3.73. The molecule has 1 saturated carbocycles. The van der Waals surface area contributed by atoms with E-state index in [1.807, 2.05) is 5.32 Å². The molecule has 0 unspecified atom stereocenters. The number of halogens is 4. The molecule has 1 aliphatic heterocycles. The highest BCUT2D eigenvalue weighted by Gasteiger charge is 2.32. The summed E-state index contributed by atoms with van der Waals surface area (Å²) in [4.78, 5) is 23.4. The number of imidazole rings is 1. The lowest BCUT2D eigenvalue weighted by Crippen LogP contribution is -2.27. The molecule has 5 rings (SSSR count). The van der Waals surface area contributed by atoms with Crippen LogP contribution < -0.4 is 22.1 Å². The monoisotopic (exact) mass is 574 g/mol. The Morgan fingerprint density at radius 1 is 1.27 bits per heavy atom. The summed E-state index contributed by atoms with van der Waals surface area (Å²) < 4.78 is 55.0. The first kappa shape index (κ1) is 31.4. The van der Waals surface area contributed by atoms with Crippen molar-refractivity contribution in [2.24, 2.45) is 16.6 Å². The van der Waals surface area contributed by atoms with Gasteiger partial charge in [0.2, 0.25) is 0 Å². The van der Waals surface area contributed by atoms with E-state index in [-0.39, 0.29) is 22.6 Å². The molecule has 41 heavy (non-hydrogen) atoms. The van der Waals surface area contributed by atoms with Crippen LogP contribution >= 0.6 is 0 Å². The van der Waals surface area contributed by atoms with Gasteiger partial charge in [0.15, 0.2) is 0 Å². The Bertz CT molecular complexity index is 1390. The molecule has 0 spiro atoms. The number of rotatable bonds is 5. The van der Waals surface area contributed by atoms with Gasteiger partial charge in [-0.15, -0.1) is 0 Å². The SMILES string of the molecule is C=N/C=C\C(=C/NC(=O)c1ccc(-c2ncn3ccnc(N)c23)c(F)c1)C(F)(F)F.C[C@@H]1CCCNC1.NC1CC1. The minimum absolute atomic E-state index is 0.0558. The van der Waals surface area contributed by atoms with Crippen LogP contribution in [0.3, 0.4) is 0 Å². The zero-order valence-corrected chi connectivity index (χ0v) is 22.7. The van der Waals surface area contributed by atoms with Crippen LogP contribution in [-0.4, -0.2) is 52.3 Å². The van der Waals surface area contributed by atoms with E-state index >= 15 is 0 Å². The van der Waals surface area contributed by atoms with E-state index in [1.165, 1.54) is 63.4 Å². The molecule has 0 radical (unpaired) electrons. The highest BCUT2D eigenvalue weighted by atomic mass is 19.4. The Morgan fingerprint density at radius 2 is 2.00 bits per heavy atom. The predicted octanol–water partition coefficient (Wildman–Crippen LogP) is 4.62. The standard InChI is InChI=1S/C19H14F4N6O.C6H13N.C3H7N/c1-25-5-4-12(19(21,22)23)9-27-18(30)11-2-3-13(14(20)8-11)15-16-17(24)26-6-7-29(16)10-28-15;1-6-3-2-4-7-5-6;4-3-1-2-3/h2-10H,1H2,(H2,24,26)(H,27,30);6-7H,2-5H2,1H3;3H,1-2,4H2/b5-4-,12-9+;;/t;6-;/m.1./s1. The summed E-state index contributed by atoms with van der Waals surface area (Å²) >= 11 is 0. The van der Waals surface area contributed by atoms with Crippen molar-refractivity contribution in [3.8, 4) is 11.3 Å². The molecule has 0 bridgehead atoms. The van der Waals surface area contributed by atoms with Crippen LogP contribution in [0.1, 0.15) is 43.0 Å². The molecular weight excluding hydrogens is 540 g/mol. The Hall–Kier alpha value is -4.10. The maximum Gasteiger partial charge on any atom is 0.417 e. The van der Waals surface area contributed by atoms with Gasteiger partial charge < -0.3 is 26.5 Å². The van der Waals surface area contributed by atoms with Gasteiger partial charge in [0.25, 0.3) is 5.91 Å². The highest BCUT2D eigenvalue weighted by Crippen LogP contribution is 2.29. The fraction of sp³-hybridized carbons (Fsp3) is 0.357. The van der Waals surface area contributed by atoms with Crippen molar-refractivity contribution in [3.05, 3.63) is 72.3 Å². The smallest absolute Gasteiger partial charge is 0.382 e. The normalized spacial score (nSPS) is 17.3. The Kier molecular flexibility index (Phi) is 11.1. The molecule has 1 amide bonds. The largest absolute Gasteiger partial charge is 0.417 e. The van der Waals surface area contributed by atoms with Crippen molar-refractivity contribution < 1.29 is 22.4 Å². The van der Waals surface area contributed by atoms with Gasteiger partial charge in [0.1, 0.15) is 29.2 Å². The van der Waals surface area contributed by atoms with E-state index in [4.69, 9.17) is 11.5 Å². The van der Waals surface area contributed by atoms with Crippen LogP contribution in [0, 0.1) is 11.7 Å². The number of carbonyl (C=O) groups is 1. The molecule has 9 nitrogen and oxygen atoms in total. The molecule has 1 aromatic carbocycles. The summed E-state index contributed by atoms with van der Waals surface area (Å²) in [7, 11) is 0. The number of nitrogens with zero attached hydrogens (tertiary/aromatic N) is 4. The van der Waals surface area contributed by atoms with Crippen molar-refractivity contribution in [2.45, 2.75) is 44.8 Å². The van der Waals surface area contributed by atoms with Gasteiger partial charge in [-0.25, -0.2) is 14.4 Å². The van der Waals surface area contributed by atoms with Crippen LogP contribution in [0.5, 0.6) is 0 Å². The van der Waals surface area contributed by atoms with Crippen LogP contribution in [0.15, 0.2) is 66.0 Å². The van der Waals surface area contributed by atoms with Gasteiger partial charge in [-0.3, -0.25) is 9.79 Å². The molecule has 1 saturated heterocycles. The second-order valence-electron chi connectivity index (χ2n) is 9.71.